The van der Waals surface area contributed by atoms with Crippen molar-refractivity contribution in [3.05, 3.63) is 88.1 Å². The molecular weight excluding hydrogens is 462 g/mol. The van der Waals surface area contributed by atoms with Crippen LogP contribution in [0.5, 0.6) is 0 Å². The normalized spacial score (nSPS) is 11.8. The minimum absolute atomic E-state index is 0.0383. The Labute approximate surface area is 189 Å². The minimum atomic E-state index is -4.85. The van der Waals surface area contributed by atoms with Crippen LogP contribution in [0.1, 0.15) is 33.0 Å². The maximum absolute atomic E-state index is 13.6. The molecule has 5 nitrogen and oxygen atoms in total. The standard InChI is InChI=1S/C23H16F6N4O/c1-11-21(12(2)33(32-11)10-13-3-6-17(25)18(26)7-13)31-22(34)16-9-20(23(27,28)29)30-19-8-14(24)4-5-15(16)19/h3-9H,10H2,1-2H3,(H,31,34). The first-order valence-electron chi connectivity index (χ1n) is 9.91. The van der Waals surface area contributed by atoms with Gasteiger partial charge in [-0.15, -0.1) is 0 Å². The molecule has 4 rings (SSSR count). The van der Waals surface area contributed by atoms with E-state index in [1.54, 1.807) is 13.8 Å². The molecule has 0 aliphatic heterocycles. The second-order valence-electron chi connectivity index (χ2n) is 7.62. The highest BCUT2D eigenvalue weighted by Crippen LogP contribution is 2.32. The Morgan fingerprint density at radius 3 is 2.41 bits per heavy atom. The van der Waals surface area contributed by atoms with Gasteiger partial charge < -0.3 is 5.32 Å². The summed E-state index contributed by atoms with van der Waals surface area (Å²) in [5.41, 5.74) is -0.539. The zero-order valence-corrected chi connectivity index (χ0v) is 17.8. The smallest absolute Gasteiger partial charge is 0.319 e. The number of hydrogen-bond donors (Lipinski definition) is 1. The minimum Gasteiger partial charge on any atom is -0.319 e. The summed E-state index contributed by atoms with van der Waals surface area (Å²) in [4.78, 5) is 16.5. The van der Waals surface area contributed by atoms with Gasteiger partial charge in [-0.05, 0) is 49.7 Å². The number of carbonyl (C=O) groups excluding carboxylic acids is 1. The van der Waals surface area contributed by atoms with Crippen molar-refractivity contribution < 1.29 is 31.1 Å². The highest BCUT2D eigenvalue weighted by Gasteiger charge is 2.34. The SMILES string of the molecule is Cc1nn(Cc2ccc(F)c(F)c2)c(C)c1NC(=O)c1cc(C(F)(F)F)nc2cc(F)ccc12. The molecule has 2 aromatic heterocycles. The van der Waals surface area contributed by atoms with Crippen LogP contribution in [0.3, 0.4) is 0 Å². The topological polar surface area (TPSA) is 59.8 Å². The van der Waals surface area contributed by atoms with Crippen molar-refractivity contribution in [1.29, 1.82) is 0 Å². The summed E-state index contributed by atoms with van der Waals surface area (Å²) >= 11 is 0. The van der Waals surface area contributed by atoms with Crippen molar-refractivity contribution in [2.75, 3.05) is 5.32 Å². The van der Waals surface area contributed by atoms with Crippen molar-refractivity contribution in [3.63, 3.8) is 0 Å². The van der Waals surface area contributed by atoms with E-state index in [1.807, 2.05) is 0 Å². The van der Waals surface area contributed by atoms with E-state index in [4.69, 9.17) is 0 Å². The first-order chi connectivity index (χ1) is 15.9. The predicted molar refractivity (Wildman–Crippen MR) is 112 cm³/mol. The van der Waals surface area contributed by atoms with E-state index in [9.17, 15) is 31.1 Å². The number of rotatable bonds is 4. The van der Waals surface area contributed by atoms with Crippen LogP contribution in [0.4, 0.5) is 32.0 Å². The van der Waals surface area contributed by atoms with E-state index in [0.717, 1.165) is 24.3 Å². The lowest BCUT2D eigenvalue weighted by Crippen LogP contribution is -2.17. The summed E-state index contributed by atoms with van der Waals surface area (Å²) in [5.74, 6) is -3.68. The molecule has 2 aromatic carbocycles. The molecule has 0 atom stereocenters. The van der Waals surface area contributed by atoms with Crippen molar-refractivity contribution in [3.8, 4) is 0 Å². The summed E-state index contributed by atoms with van der Waals surface area (Å²) in [6, 6.07) is 7.00. The molecule has 0 saturated heterocycles. The average molecular weight is 478 g/mol. The monoisotopic (exact) mass is 478 g/mol. The van der Waals surface area contributed by atoms with Gasteiger partial charge >= 0.3 is 6.18 Å². The fourth-order valence-corrected chi connectivity index (χ4v) is 3.56. The Morgan fingerprint density at radius 1 is 1.00 bits per heavy atom. The number of halogens is 6. The summed E-state index contributed by atoms with van der Waals surface area (Å²) in [6.45, 7) is 3.25. The molecule has 4 aromatic rings. The first kappa shape index (κ1) is 23.3. The largest absolute Gasteiger partial charge is 0.433 e. The van der Waals surface area contributed by atoms with Gasteiger partial charge in [0, 0.05) is 11.5 Å². The van der Waals surface area contributed by atoms with Crippen LogP contribution in [0.15, 0.2) is 42.5 Å². The van der Waals surface area contributed by atoms with Crippen LogP contribution in [-0.2, 0) is 12.7 Å². The van der Waals surface area contributed by atoms with Gasteiger partial charge in [0.2, 0.25) is 0 Å². The number of aromatic nitrogens is 3. The molecule has 0 aliphatic rings. The second-order valence-corrected chi connectivity index (χ2v) is 7.62. The van der Waals surface area contributed by atoms with E-state index in [2.05, 4.69) is 15.4 Å². The maximum Gasteiger partial charge on any atom is 0.433 e. The lowest BCUT2D eigenvalue weighted by molar-refractivity contribution is -0.141. The molecule has 0 fully saturated rings. The molecule has 176 valence electrons. The number of aryl methyl sites for hydroxylation is 1. The molecule has 1 amide bonds. The van der Waals surface area contributed by atoms with E-state index in [1.165, 1.54) is 16.8 Å². The Morgan fingerprint density at radius 2 is 1.74 bits per heavy atom. The van der Waals surface area contributed by atoms with Crippen LogP contribution in [0, 0.1) is 31.3 Å². The Balaban J connectivity index is 1.70. The fourth-order valence-electron chi connectivity index (χ4n) is 3.56. The Bertz CT molecular complexity index is 1430. The first-order valence-corrected chi connectivity index (χ1v) is 9.91. The molecule has 0 spiro atoms. The number of pyridine rings is 1. The third-order valence-electron chi connectivity index (χ3n) is 5.24. The maximum atomic E-state index is 13.6. The average Bonchev–Trinajstić information content (AvgIpc) is 3.01. The van der Waals surface area contributed by atoms with Gasteiger partial charge in [0.05, 0.1) is 34.7 Å². The Kier molecular flexibility index (Phi) is 5.80. The third-order valence-corrected chi connectivity index (χ3v) is 5.24. The number of benzene rings is 2. The Hall–Kier alpha value is -3.89. The van der Waals surface area contributed by atoms with Gasteiger partial charge in [-0.3, -0.25) is 9.48 Å². The molecule has 1 N–H and O–H groups in total. The van der Waals surface area contributed by atoms with Crippen LogP contribution in [-0.4, -0.2) is 20.7 Å². The van der Waals surface area contributed by atoms with Gasteiger partial charge in [0.25, 0.3) is 5.91 Å². The summed E-state index contributed by atoms with van der Waals surface area (Å²) in [5, 5.41) is 6.88. The van der Waals surface area contributed by atoms with Gasteiger partial charge in [0.1, 0.15) is 11.5 Å². The number of nitrogens with zero attached hydrogens (tertiary/aromatic N) is 3. The van der Waals surface area contributed by atoms with Gasteiger partial charge in [-0.2, -0.15) is 18.3 Å². The highest BCUT2D eigenvalue weighted by molar-refractivity contribution is 6.12. The summed E-state index contributed by atoms with van der Waals surface area (Å²) < 4.78 is 81.7. The zero-order valence-electron chi connectivity index (χ0n) is 17.8. The molecule has 34 heavy (non-hydrogen) atoms. The molecule has 0 saturated carbocycles. The predicted octanol–water partition coefficient (Wildman–Crippen LogP) is 5.78. The lowest BCUT2D eigenvalue weighted by atomic mass is 10.1. The molecule has 0 radical (unpaired) electrons. The number of amides is 1. The number of fused-ring (bicyclic) bond motifs is 1. The quantitative estimate of drug-likeness (QED) is 0.378. The van der Waals surface area contributed by atoms with Crippen molar-refractivity contribution in [1.82, 2.24) is 14.8 Å². The van der Waals surface area contributed by atoms with E-state index in [0.29, 0.717) is 23.0 Å². The van der Waals surface area contributed by atoms with E-state index < -0.39 is 35.2 Å². The molecule has 0 aliphatic carbocycles. The van der Waals surface area contributed by atoms with Crippen molar-refractivity contribution >= 4 is 22.5 Å². The molecular formula is C23H16F6N4O. The molecule has 2 heterocycles. The van der Waals surface area contributed by atoms with E-state index >= 15 is 0 Å². The summed E-state index contributed by atoms with van der Waals surface area (Å²) in [7, 11) is 0. The number of anilines is 1. The second kappa shape index (κ2) is 8.47. The van der Waals surface area contributed by atoms with Crippen molar-refractivity contribution in [2.24, 2.45) is 0 Å². The molecule has 11 heteroatoms. The van der Waals surface area contributed by atoms with Gasteiger partial charge in [0.15, 0.2) is 11.6 Å². The number of carbonyl (C=O) groups is 1. The fraction of sp³-hybridized carbons (Fsp3) is 0.174. The van der Waals surface area contributed by atoms with Crippen molar-refractivity contribution in [2.45, 2.75) is 26.6 Å². The number of nitrogens with one attached hydrogen (secondary N) is 1. The highest BCUT2D eigenvalue weighted by atomic mass is 19.4. The summed E-state index contributed by atoms with van der Waals surface area (Å²) in [6.07, 6.45) is -4.85. The van der Waals surface area contributed by atoms with Crippen LogP contribution >= 0.6 is 0 Å². The molecule has 0 unspecified atom stereocenters. The molecule has 0 bridgehead atoms. The van der Waals surface area contributed by atoms with Gasteiger partial charge in [-0.25, -0.2) is 18.2 Å². The van der Waals surface area contributed by atoms with Crippen LogP contribution in [0.25, 0.3) is 10.9 Å². The third kappa shape index (κ3) is 4.45. The lowest BCUT2D eigenvalue weighted by Gasteiger charge is -2.12. The number of alkyl halides is 3. The zero-order chi connectivity index (χ0) is 24.8. The number of hydrogen-bond acceptors (Lipinski definition) is 3. The van der Waals surface area contributed by atoms with E-state index in [-0.39, 0.29) is 28.7 Å². The van der Waals surface area contributed by atoms with Crippen LogP contribution < -0.4 is 5.32 Å². The van der Waals surface area contributed by atoms with Gasteiger partial charge in [-0.1, -0.05) is 6.07 Å². The van der Waals surface area contributed by atoms with Crippen LogP contribution in [0.2, 0.25) is 0 Å².